The lowest BCUT2D eigenvalue weighted by atomic mass is 9.83. The number of nitrogens with two attached hydrogens (primary N) is 4. The third-order valence-corrected chi connectivity index (χ3v) is 18.3. The molecule has 80 heavy (non-hydrogen) atoms. The Morgan fingerprint density at radius 3 is 1.32 bits per heavy atom. The van der Waals surface area contributed by atoms with Gasteiger partial charge in [-0.1, -0.05) is 0 Å². The van der Waals surface area contributed by atoms with Crippen LogP contribution in [0, 0.1) is 23.7 Å². The predicted octanol–water partition coefficient (Wildman–Crippen LogP) is -1.89. The summed E-state index contributed by atoms with van der Waals surface area (Å²) in [6, 6.07) is -5.12. The van der Waals surface area contributed by atoms with E-state index in [2.05, 4.69) is 20.0 Å². The summed E-state index contributed by atoms with van der Waals surface area (Å²) >= 11 is 4.71. The molecule has 28 nitrogen and oxygen atoms in total. The van der Waals surface area contributed by atoms with E-state index >= 15 is 0 Å². The molecule has 13 atom stereocenters. The summed E-state index contributed by atoms with van der Waals surface area (Å²) < 4.78 is 0. The fraction of sp³-hybridized carbons (Fsp3) is 0.583. The van der Waals surface area contributed by atoms with Crippen LogP contribution >= 0.6 is 47.0 Å². The SMILES string of the molecule is C[C@@H](O)[C@H]1C(=O)N2C(C(=O)N3C(C(=O)O)=C(SCCN=CN)C[C@H]3[C@@H](C(=O)O)[C@@H](C)O)=C(SCCN=CN)C[C@H]12.C[C@@H](O)[C@H]1C(=O)N2C(C(=O)N3C(C(=O)O)C(SCCN=CN)=C[C@H]3[C@@H](C(=O)O)[C@@H](C)O)=C(SCCN=CN)C[C@H]12. The molecule has 6 heterocycles. The number of amides is 4. The van der Waals surface area contributed by atoms with Crippen LogP contribution in [0.3, 0.4) is 0 Å². The Kier molecular flexibility index (Phi) is 23.4. The normalized spacial score (nSPS) is 25.9. The van der Waals surface area contributed by atoms with Gasteiger partial charge in [0, 0.05) is 61.9 Å². The van der Waals surface area contributed by atoms with Gasteiger partial charge in [0.2, 0.25) is 11.8 Å². The molecular weight excluding hydrogens is 1130 g/mol. The molecule has 0 saturated carbocycles. The van der Waals surface area contributed by atoms with Gasteiger partial charge in [-0.15, -0.1) is 47.0 Å². The average Bonchev–Trinajstić information content (AvgIpc) is 4.25. The van der Waals surface area contributed by atoms with Gasteiger partial charge in [-0.3, -0.25) is 53.6 Å². The molecule has 6 aliphatic rings. The molecule has 1 unspecified atom stereocenters. The Hall–Kier alpha value is -6.16. The molecule has 0 aromatic rings. The van der Waals surface area contributed by atoms with Gasteiger partial charge in [0.1, 0.15) is 28.9 Å². The number of hydrogen-bond acceptors (Lipinski definition) is 20. The first kappa shape index (κ1) is 64.7. The Balaban J connectivity index is 0.000000294. The van der Waals surface area contributed by atoms with Gasteiger partial charge in [0.15, 0.2) is 6.04 Å². The van der Waals surface area contributed by atoms with E-state index < -0.39 is 131 Å². The van der Waals surface area contributed by atoms with Crippen molar-refractivity contribution >= 4 is 120 Å². The van der Waals surface area contributed by atoms with Crippen molar-refractivity contribution in [1.82, 2.24) is 19.6 Å². The topological polar surface area (TPSA) is 465 Å². The second-order valence-corrected chi connectivity index (χ2v) is 23.6. The van der Waals surface area contributed by atoms with Crippen molar-refractivity contribution in [1.29, 1.82) is 0 Å². The van der Waals surface area contributed by atoms with E-state index in [0.29, 0.717) is 45.9 Å². The van der Waals surface area contributed by atoms with Crippen molar-refractivity contribution < 1.29 is 79.2 Å². The summed E-state index contributed by atoms with van der Waals surface area (Å²) in [4.78, 5) is 126. The van der Waals surface area contributed by atoms with Gasteiger partial charge in [-0.25, -0.2) is 9.59 Å². The number of aliphatic hydroxyl groups excluding tert-OH is 4. The molecule has 0 bridgehead atoms. The summed E-state index contributed by atoms with van der Waals surface area (Å²) in [5, 5.41) is 81.4. The largest absolute Gasteiger partial charge is 0.481 e. The van der Waals surface area contributed by atoms with Crippen LogP contribution < -0.4 is 22.9 Å². The lowest BCUT2D eigenvalue weighted by Gasteiger charge is -2.46. The second-order valence-electron chi connectivity index (χ2n) is 18.9. The second kappa shape index (κ2) is 29.0. The molecule has 0 radical (unpaired) electrons. The molecule has 6 rings (SSSR count). The van der Waals surface area contributed by atoms with Crippen LogP contribution in [-0.4, -0.2) is 237 Å². The Bertz CT molecular complexity index is 2640. The summed E-state index contributed by atoms with van der Waals surface area (Å²) in [7, 11) is 0. The first-order valence-corrected chi connectivity index (χ1v) is 29.1. The maximum atomic E-state index is 14.3. The predicted molar refractivity (Wildman–Crippen MR) is 301 cm³/mol. The zero-order valence-corrected chi connectivity index (χ0v) is 47.3. The summed E-state index contributed by atoms with van der Waals surface area (Å²) in [5.74, 6) is -11.4. The zero-order chi connectivity index (χ0) is 59.4. The van der Waals surface area contributed by atoms with Crippen molar-refractivity contribution in [2.75, 3.05) is 49.2 Å². The number of hydrogen-bond donors (Lipinski definition) is 12. The fourth-order valence-electron chi connectivity index (χ4n) is 10.6. The van der Waals surface area contributed by atoms with E-state index in [0.717, 1.165) is 58.7 Å². The standard InChI is InChI=1S/2C24H34N6O8S2/c2*1-11(31)17-13-7-15(39-5-3-27-9-25)19(29(13)21(17)33)22(34)30-14(18(12(2)32)23(35)36)8-16(20(30)24(37)38)40-6-4-28-10-26/h9-14,17-18,31-32H,3-8H2,1-2H3,(H2,25,27)(H2,26,28)(H,35,36)(H,37,38);8-14,17-18,20,31-32H,3-7H2,1-2H3,(H2,25,27)(H2,26,28)(H,35,36)(H,37,38)/t11-,12-,13-,14+,17-,18+;11-,12-,13-,14+,17-,18+,20?/m11/s1. The highest BCUT2D eigenvalue weighted by Gasteiger charge is 2.61. The minimum absolute atomic E-state index is 0.0491. The van der Waals surface area contributed by atoms with Gasteiger partial charge < -0.3 is 78.5 Å². The number of thioether (sulfide) groups is 4. The Morgan fingerprint density at radius 2 is 0.975 bits per heavy atom. The number of aliphatic imine (C=N–C) groups is 4. The van der Waals surface area contributed by atoms with Crippen molar-refractivity contribution in [2.24, 2.45) is 66.6 Å². The van der Waals surface area contributed by atoms with Crippen LogP contribution in [0.2, 0.25) is 0 Å². The van der Waals surface area contributed by atoms with Crippen molar-refractivity contribution in [3.05, 3.63) is 42.8 Å². The highest BCUT2D eigenvalue weighted by Crippen LogP contribution is 2.51. The quantitative estimate of drug-likeness (QED) is 0.0176. The van der Waals surface area contributed by atoms with E-state index in [4.69, 9.17) is 22.9 Å². The molecular formula is C48H68N12O16S4. The lowest BCUT2D eigenvalue weighted by molar-refractivity contribution is -0.162. The minimum Gasteiger partial charge on any atom is -0.481 e. The van der Waals surface area contributed by atoms with Crippen LogP contribution in [0.5, 0.6) is 0 Å². The number of fused-ring (bicyclic) bond motifs is 2. The van der Waals surface area contributed by atoms with Crippen molar-refractivity contribution in [3.63, 3.8) is 0 Å². The molecule has 6 aliphatic heterocycles. The van der Waals surface area contributed by atoms with Gasteiger partial charge in [-0.05, 0) is 33.8 Å². The fourth-order valence-corrected chi connectivity index (χ4v) is 14.8. The molecule has 16 N–H and O–H groups in total. The lowest BCUT2D eigenvalue weighted by Crippen LogP contribution is -2.63. The maximum absolute atomic E-state index is 14.3. The van der Waals surface area contributed by atoms with E-state index in [9.17, 15) is 79.2 Å². The first-order valence-electron chi connectivity index (χ1n) is 25.1. The van der Waals surface area contributed by atoms with Crippen LogP contribution in [-0.2, 0) is 38.4 Å². The van der Waals surface area contributed by atoms with Crippen LogP contribution in [0.25, 0.3) is 0 Å². The van der Waals surface area contributed by atoms with Crippen LogP contribution in [0.15, 0.2) is 62.8 Å². The molecule has 0 aliphatic carbocycles. The number of aliphatic hydroxyl groups is 4. The van der Waals surface area contributed by atoms with Crippen LogP contribution in [0.4, 0.5) is 0 Å². The monoisotopic (exact) mass is 1200 g/mol. The maximum Gasteiger partial charge on any atom is 0.353 e. The van der Waals surface area contributed by atoms with E-state index in [-0.39, 0.29) is 53.6 Å². The van der Waals surface area contributed by atoms with E-state index in [1.807, 2.05) is 0 Å². The van der Waals surface area contributed by atoms with E-state index in [1.54, 1.807) is 0 Å². The molecule has 4 amide bonds. The summed E-state index contributed by atoms with van der Waals surface area (Å²) in [5.41, 5.74) is 20.6. The molecule has 0 spiro atoms. The number of β-lactam (4-membered cyclic amide) rings is 2. The van der Waals surface area contributed by atoms with E-state index in [1.165, 1.54) is 67.1 Å². The molecule has 0 aromatic carbocycles. The highest BCUT2D eigenvalue weighted by atomic mass is 32.2. The van der Waals surface area contributed by atoms with Gasteiger partial charge in [-0.2, -0.15) is 0 Å². The summed E-state index contributed by atoms with van der Waals surface area (Å²) in [6.07, 6.45) is 1.52. The third-order valence-electron chi connectivity index (χ3n) is 13.9. The molecule has 2 saturated heterocycles. The Morgan fingerprint density at radius 1 is 0.588 bits per heavy atom. The van der Waals surface area contributed by atoms with Crippen molar-refractivity contribution in [2.45, 2.75) is 102 Å². The smallest absolute Gasteiger partial charge is 0.353 e. The minimum atomic E-state index is -1.56. The number of aliphatic carboxylic acids is 4. The van der Waals surface area contributed by atoms with Gasteiger partial charge in [0.25, 0.3) is 11.8 Å². The van der Waals surface area contributed by atoms with Gasteiger partial charge >= 0.3 is 23.9 Å². The zero-order valence-electron chi connectivity index (χ0n) is 44.0. The number of carboxylic acids is 4. The van der Waals surface area contributed by atoms with Gasteiger partial charge in [0.05, 0.1) is 112 Å². The molecule has 2 fully saturated rings. The first-order chi connectivity index (χ1) is 37.9. The number of nitrogens with zero attached hydrogens (tertiary/aromatic N) is 8. The number of carboxylic acid groups (broad SMARTS) is 4. The average molecular weight is 1200 g/mol. The molecule has 0 aromatic heterocycles. The van der Waals surface area contributed by atoms with Crippen LogP contribution in [0.1, 0.15) is 47.0 Å². The highest BCUT2D eigenvalue weighted by molar-refractivity contribution is 8.03. The number of rotatable bonds is 28. The molecule has 440 valence electrons. The third kappa shape index (κ3) is 13.8. The Labute approximate surface area is 476 Å². The number of carbonyl (C=O) groups excluding carboxylic acids is 4. The summed E-state index contributed by atoms with van der Waals surface area (Å²) in [6.45, 7) is 6.66. The molecule has 32 heteroatoms. The van der Waals surface area contributed by atoms with Crippen molar-refractivity contribution in [3.8, 4) is 0 Å². The number of carbonyl (C=O) groups is 8.